The predicted octanol–water partition coefficient (Wildman–Crippen LogP) is 2.46. The molecule has 0 bridgehead atoms. The topological polar surface area (TPSA) is 15.7 Å². The van der Waals surface area contributed by atoms with Crippen molar-refractivity contribution in [1.82, 2.24) is 9.80 Å². The molecule has 0 radical (unpaired) electrons. The van der Waals surface area contributed by atoms with Crippen LogP contribution in [0.1, 0.15) is 0 Å². The highest BCUT2D eigenvalue weighted by atomic mass is 35.5. The lowest BCUT2D eigenvalue weighted by Gasteiger charge is -2.32. The maximum Gasteiger partial charge on any atom is 0.0593 e. The zero-order valence-electron chi connectivity index (χ0n) is 12.2. The fourth-order valence-electron chi connectivity index (χ4n) is 2.10. The van der Waals surface area contributed by atoms with Gasteiger partial charge in [-0.3, -0.25) is 4.90 Å². The lowest BCUT2D eigenvalue weighted by molar-refractivity contribution is 0.0893. The molecule has 20 heavy (non-hydrogen) atoms. The lowest BCUT2D eigenvalue weighted by Crippen LogP contribution is -2.45. The molecule has 1 aliphatic rings. The molecule has 2 rings (SSSR count). The third-order valence-electron chi connectivity index (χ3n) is 3.39. The van der Waals surface area contributed by atoms with E-state index in [1.807, 2.05) is 11.8 Å². The summed E-state index contributed by atoms with van der Waals surface area (Å²) in [6.07, 6.45) is 0. The summed E-state index contributed by atoms with van der Waals surface area (Å²) in [4.78, 5) is 6.20. The van der Waals surface area contributed by atoms with Crippen LogP contribution in [0, 0.1) is 0 Å². The monoisotopic (exact) mass is 316 g/mol. The van der Waals surface area contributed by atoms with Crippen LogP contribution in [0.25, 0.3) is 0 Å². The van der Waals surface area contributed by atoms with Crippen LogP contribution in [0.5, 0.6) is 0 Å². The van der Waals surface area contributed by atoms with Gasteiger partial charge in [0.1, 0.15) is 0 Å². The number of rotatable bonds is 7. The van der Waals surface area contributed by atoms with Gasteiger partial charge in [0.15, 0.2) is 0 Å². The van der Waals surface area contributed by atoms with Crippen molar-refractivity contribution in [3.05, 3.63) is 30.3 Å². The van der Waals surface area contributed by atoms with Gasteiger partial charge < -0.3 is 9.64 Å². The Hall–Kier alpha value is -0.260. The van der Waals surface area contributed by atoms with E-state index >= 15 is 0 Å². The molecule has 0 aliphatic carbocycles. The Bertz CT molecular complexity index is 345. The van der Waals surface area contributed by atoms with Crippen LogP contribution >= 0.6 is 24.2 Å². The Morgan fingerprint density at radius 2 is 1.75 bits per heavy atom. The van der Waals surface area contributed by atoms with Crippen molar-refractivity contribution in [1.29, 1.82) is 0 Å². The standard InChI is InChI=1S/C15H24N2OS.ClH/c1-16-7-9-17(10-8-16)11-12-18-13-14-19-15-5-3-2-4-6-15;/h2-6H,7-14H2,1H3;1H. The van der Waals surface area contributed by atoms with Crippen molar-refractivity contribution in [3.8, 4) is 0 Å². The molecule has 1 aliphatic heterocycles. The summed E-state index contributed by atoms with van der Waals surface area (Å²) in [5.41, 5.74) is 0. The number of hydrogen-bond acceptors (Lipinski definition) is 4. The first-order valence-corrected chi connectivity index (χ1v) is 7.99. The number of ether oxygens (including phenoxy) is 1. The number of halogens is 1. The fraction of sp³-hybridized carbons (Fsp3) is 0.600. The summed E-state index contributed by atoms with van der Waals surface area (Å²) in [5.74, 6) is 1.03. The van der Waals surface area contributed by atoms with Crippen LogP contribution in [-0.4, -0.2) is 68.5 Å². The predicted molar refractivity (Wildman–Crippen MR) is 89.2 cm³/mol. The first-order valence-electron chi connectivity index (χ1n) is 7.01. The van der Waals surface area contributed by atoms with E-state index < -0.39 is 0 Å². The third kappa shape index (κ3) is 6.95. The van der Waals surface area contributed by atoms with Gasteiger partial charge in [-0.25, -0.2) is 0 Å². The summed E-state index contributed by atoms with van der Waals surface area (Å²) < 4.78 is 5.71. The van der Waals surface area contributed by atoms with E-state index in [-0.39, 0.29) is 12.4 Å². The molecule has 5 heteroatoms. The van der Waals surface area contributed by atoms with Gasteiger partial charge in [0.05, 0.1) is 13.2 Å². The van der Waals surface area contributed by atoms with Crippen molar-refractivity contribution in [2.45, 2.75) is 4.90 Å². The summed E-state index contributed by atoms with van der Waals surface area (Å²) in [6.45, 7) is 7.50. The molecule has 0 aromatic heterocycles. The van der Waals surface area contributed by atoms with E-state index in [1.165, 1.54) is 31.1 Å². The average Bonchev–Trinajstić information content (AvgIpc) is 2.46. The van der Waals surface area contributed by atoms with E-state index in [1.54, 1.807) is 0 Å². The Morgan fingerprint density at radius 3 is 2.45 bits per heavy atom. The van der Waals surface area contributed by atoms with E-state index in [0.717, 1.165) is 25.5 Å². The number of hydrogen-bond donors (Lipinski definition) is 0. The van der Waals surface area contributed by atoms with Gasteiger partial charge in [0.25, 0.3) is 0 Å². The minimum Gasteiger partial charge on any atom is -0.379 e. The zero-order valence-corrected chi connectivity index (χ0v) is 13.8. The minimum absolute atomic E-state index is 0. The van der Waals surface area contributed by atoms with Crippen molar-refractivity contribution >= 4 is 24.2 Å². The Labute approximate surface area is 133 Å². The second-order valence-corrected chi connectivity index (χ2v) is 6.09. The van der Waals surface area contributed by atoms with Crippen LogP contribution in [0.3, 0.4) is 0 Å². The van der Waals surface area contributed by atoms with E-state index in [2.05, 4.69) is 47.2 Å². The Morgan fingerprint density at radius 1 is 1.05 bits per heavy atom. The zero-order chi connectivity index (χ0) is 13.3. The fourth-order valence-corrected chi connectivity index (χ4v) is 2.89. The summed E-state index contributed by atoms with van der Waals surface area (Å²) in [6, 6.07) is 10.5. The number of piperazine rings is 1. The van der Waals surface area contributed by atoms with Crippen LogP contribution in [0.15, 0.2) is 35.2 Å². The molecule has 114 valence electrons. The van der Waals surface area contributed by atoms with Gasteiger partial charge in [-0.1, -0.05) is 18.2 Å². The Kier molecular flexibility index (Phi) is 9.31. The van der Waals surface area contributed by atoms with Crippen LogP contribution < -0.4 is 0 Å². The van der Waals surface area contributed by atoms with Crippen LogP contribution in [-0.2, 0) is 4.74 Å². The summed E-state index contributed by atoms with van der Waals surface area (Å²) in [5, 5.41) is 0. The lowest BCUT2D eigenvalue weighted by atomic mass is 10.3. The van der Waals surface area contributed by atoms with Crippen molar-refractivity contribution in [3.63, 3.8) is 0 Å². The highest BCUT2D eigenvalue weighted by molar-refractivity contribution is 7.99. The molecule has 0 unspecified atom stereocenters. The molecule has 1 aromatic rings. The van der Waals surface area contributed by atoms with Gasteiger partial charge in [0.2, 0.25) is 0 Å². The molecular weight excluding hydrogens is 292 g/mol. The Balaban J connectivity index is 0.00000200. The van der Waals surface area contributed by atoms with E-state index in [0.29, 0.717) is 0 Å². The molecule has 0 spiro atoms. The molecule has 1 aromatic carbocycles. The quantitative estimate of drug-likeness (QED) is 0.567. The van der Waals surface area contributed by atoms with Crippen LogP contribution in [0.4, 0.5) is 0 Å². The first-order chi connectivity index (χ1) is 9.34. The third-order valence-corrected chi connectivity index (χ3v) is 4.36. The van der Waals surface area contributed by atoms with E-state index in [4.69, 9.17) is 4.74 Å². The van der Waals surface area contributed by atoms with E-state index in [9.17, 15) is 0 Å². The molecule has 3 nitrogen and oxygen atoms in total. The van der Waals surface area contributed by atoms with Gasteiger partial charge >= 0.3 is 0 Å². The molecule has 1 fully saturated rings. The van der Waals surface area contributed by atoms with Crippen molar-refractivity contribution < 1.29 is 4.74 Å². The van der Waals surface area contributed by atoms with Crippen LogP contribution in [0.2, 0.25) is 0 Å². The number of thioether (sulfide) groups is 1. The highest BCUT2D eigenvalue weighted by Crippen LogP contribution is 2.16. The number of benzene rings is 1. The van der Waals surface area contributed by atoms with Crippen molar-refractivity contribution in [2.75, 3.05) is 58.7 Å². The van der Waals surface area contributed by atoms with Gasteiger partial charge in [-0.15, -0.1) is 24.2 Å². The molecule has 0 saturated carbocycles. The summed E-state index contributed by atoms with van der Waals surface area (Å²) >= 11 is 1.86. The molecule has 0 amide bonds. The maximum absolute atomic E-state index is 5.71. The van der Waals surface area contributed by atoms with Crippen molar-refractivity contribution in [2.24, 2.45) is 0 Å². The molecule has 0 atom stereocenters. The second-order valence-electron chi connectivity index (χ2n) is 4.92. The molecule has 1 saturated heterocycles. The van der Waals surface area contributed by atoms with Gasteiger partial charge in [-0.2, -0.15) is 0 Å². The molecular formula is C15H25ClN2OS. The maximum atomic E-state index is 5.71. The number of likely N-dealkylation sites (N-methyl/N-ethyl adjacent to an activating group) is 1. The summed E-state index contributed by atoms with van der Waals surface area (Å²) in [7, 11) is 2.19. The highest BCUT2D eigenvalue weighted by Gasteiger charge is 2.12. The molecule has 1 heterocycles. The smallest absolute Gasteiger partial charge is 0.0593 e. The normalized spacial score (nSPS) is 16.9. The number of nitrogens with zero attached hydrogens (tertiary/aromatic N) is 2. The SMILES string of the molecule is CN1CCN(CCOCCSc2ccccc2)CC1.Cl. The van der Waals surface area contributed by atoms with Gasteiger partial charge in [-0.05, 0) is 19.2 Å². The minimum atomic E-state index is 0. The van der Waals surface area contributed by atoms with Gasteiger partial charge in [0, 0.05) is 43.4 Å². The second kappa shape index (κ2) is 10.5. The average molecular weight is 317 g/mol. The largest absolute Gasteiger partial charge is 0.379 e. The first kappa shape index (κ1) is 17.8. The molecule has 0 N–H and O–H groups in total.